The third kappa shape index (κ3) is 3.89. The predicted octanol–water partition coefficient (Wildman–Crippen LogP) is 5.30. The number of hydrogen-bond donors (Lipinski definition) is 1. The molecule has 0 saturated heterocycles. The molecule has 1 heterocycles. The molecule has 0 spiro atoms. The second kappa shape index (κ2) is 7.89. The summed E-state index contributed by atoms with van der Waals surface area (Å²) in [6.07, 6.45) is -0.00679. The molecule has 4 nitrogen and oxygen atoms in total. The van der Waals surface area contributed by atoms with Crippen LogP contribution in [0.5, 0.6) is 0 Å². The molecule has 0 fully saturated rings. The number of amides is 1. The van der Waals surface area contributed by atoms with E-state index in [1.807, 2.05) is 48.5 Å². The van der Waals surface area contributed by atoms with Crippen LogP contribution in [0.3, 0.4) is 0 Å². The first kappa shape index (κ1) is 18.4. The molecule has 1 amide bonds. The van der Waals surface area contributed by atoms with Gasteiger partial charge < -0.3 is 10.1 Å². The molecule has 26 heavy (non-hydrogen) atoms. The van der Waals surface area contributed by atoms with Gasteiger partial charge in [0.25, 0.3) is 5.91 Å². The molecule has 3 rings (SSSR count). The molecular formula is C20H18ClNO3S. The quantitative estimate of drug-likeness (QED) is 0.604. The van der Waals surface area contributed by atoms with Gasteiger partial charge in [0, 0.05) is 15.8 Å². The summed E-state index contributed by atoms with van der Waals surface area (Å²) < 4.78 is 6.20. The van der Waals surface area contributed by atoms with Gasteiger partial charge in [-0.15, -0.1) is 11.3 Å². The molecule has 1 atom stereocenters. The van der Waals surface area contributed by atoms with Crippen molar-refractivity contribution in [1.29, 1.82) is 0 Å². The van der Waals surface area contributed by atoms with E-state index in [1.165, 1.54) is 23.8 Å². The monoisotopic (exact) mass is 387 g/mol. The summed E-state index contributed by atoms with van der Waals surface area (Å²) in [7, 11) is 0. The number of rotatable bonds is 5. The topological polar surface area (TPSA) is 55.4 Å². The van der Waals surface area contributed by atoms with Crippen LogP contribution in [0.15, 0.2) is 48.5 Å². The molecule has 3 aromatic rings. The van der Waals surface area contributed by atoms with E-state index in [1.54, 1.807) is 0 Å². The number of carbonyl (C=O) groups excluding carboxylic acids is 2. The van der Waals surface area contributed by atoms with Crippen LogP contribution in [0.2, 0.25) is 5.02 Å². The van der Waals surface area contributed by atoms with Crippen molar-refractivity contribution < 1.29 is 14.3 Å². The standard InChI is InChI=1S/C20H18ClNO3S/c1-3-13-8-10-14(11-9-13)22-19(23)12(2)25-20(24)18-17(21)15-6-4-5-7-16(15)26-18/h4-12H,3H2,1-2H3,(H,22,23)/t12-/m0/s1. The first-order valence-electron chi connectivity index (χ1n) is 8.27. The normalized spacial score (nSPS) is 12.0. The number of aryl methyl sites for hydroxylation is 1. The van der Waals surface area contributed by atoms with Gasteiger partial charge in [-0.25, -0.2) is 4.79 Å². The van der Waals surface area contributed by atoms with Crippen LogP contribution in [-0.2, 0) is 16.0 Å². The Morgan fingerprint density at radius 2 is 1.85 bits per heavy atom. The maximum absolute atomic E-state index is 12.4. The molecule has 0 aliphatic carbocycles. The first-order valence-corrected chi connectivity index (χ1v) is 9.47. The SMILES string of the molecule is CCc1ccc(NC(=O)[C@H](C)OC(=O)c2sc3ccccc3c2Cl)cc1. The zero-order valence-corrected chi connectivity index (χ0v) is 16.0. The lowest BCUT2D eigenvalue weighted by molar-refractivity contribution is -0.123. The van der Waals surface area contributed by atoms with E-state index < -0.39 is 12.1 Å². The number of halogens is 1. The van der Waals surface area contributed by atoms with Crippen LogP contribution in [0.25, 0.3) is 10.1 Å². The maximum Gasteiger partial charge on any atom is 0.350 e. The fraction of sp³-hybridized carbons (Fsp3) is 0.200. The van der Waals surface area contributed by atoms with Gasteiger partial charge >= 0.3 is 5.97 Å². The summed E-state index contributed by atoms with van der Waals surface area (Å²) >= 11 is 7.54. The van der Waals surface area contributed by atoms with Gasteiger partial charge in [-0.1, -0.05) is 48.9 Å². The highest BCUT2D eigenvalue weighted by Crippen LogP contribution is 2.35. The van der Waals surface area contributed by atoms with Gasteiger partial charge in [0.05, 0.1) is 5.02 Å². The third-order valence-electron chi connectivity index (χ3n) is 4.00. The molecule has 0 saturated carbocycles. The van der Waals surface area contributed by atoms with E-state index in [0.29, 0.717) is 15.6 Å². The number of esters is 1. The summed E-state index contributed by atoms with van der Waals surface area (Å²) in [6.45, 7) is 3.60. The van der Waals surface area contributed by atoms with Crippen LogP contribution in [0.4, 0.5) is 5.69 Å². The Kier molecular flexibility index (Phi) is 5.59. The van der Waals surface area contributed by atoms with Crippen molar-refractivity contribution in [3.63, 3.8) is 0 Å². The van der Waals surface area contributed by atoms with Crippen molar-refractivity contribution in [1.82, 2.24) is 0 Å². The van der Waals surface area contributed by atoms with Crippen LogP contribution in [0, 0.1) is 0 Å². The average molecular weight is 388 g/mol. The summed E-state index contributed by atoms with van der Waals surface area (Å²) in [5.41, 5.74) is 1.84. The van der Waals surface area contributed by atoms with E-state index >= 15 is 0 Å². The Labute approximate surface area is 160 Å². The molecule has 0 bridgehead atoms. The van der Waals surface area contributed by atoms with E-state index in [4.69, 9.17) is 16.3 Å². The van der Waals surface area contributed by atoms with Gasteiger partial charge in [-0.2, -0.15) is 0 Å². The van der Waals surface area contributed by atoms with E-state index in [9.17, 15) is 9.59 Å². The molecule has 1 aromatic heterocycles. The number of carbonyl (C=O) groups is 2. The van der Waals surface area contributed by atoms with Crippen LogP contribution in [-0.4, -0.2) is 18.0 Å². The minimum atomic E-state index is -0.936. The van der Waals surface area contributed by atoms with Crippen molar-refractivity contribution in [2.75, 3.05) is 5.32 Å². The Morgan fingerprint density at radius 1 is 1.15 bits per heavy atom. The lowest BCUT2D eigenvalue weighted by Gasteiger charge is -2.13. The summed E-state index contributed by atoms with van der Waals surface area (Å²) in [6, 6.07) is 15.0. The maximum atomic E-state index is 12.4. The van der Waals surface area contributed by atoms with Crippen molar-refractivity contribution in [3.8, 4) is 0 Å². The molecule has 2 aromatic carbocycles. The Balaban J connectivity index is 1.67. The van der Waals surface area contributed by atoms with E-state index in [-0.39, 0.29) is 5.91 Å². The van der Waals surface area contributed by atoms with Gasteiger partial charge in [0.2, 0.25) is 0 Å². The van der Waals surface area contributed by atoms with Crippen molar-refractivity contribution in [2.45, 2.75) is 26.4 Å². The van der Waals surface area contributed by atoms with E-state index in [0.717, 1.165) is 16.5 Å². The lowest BCUT2D eigenvalue weighted by atomic mass is 10.1. The largest absolute Gasteiger partial charge is 0.448 e. The number of hydrogen-bond acceptors (Lipinski definition) is 4. The molecule has 134 valence electrons. The van der Waals surface area contributed by atoms with Crippen LogP contribution >= 0.6 is 22.9 Å². The summed E-state index contributed by atoms with van der Waals surface area (Å²) in [5.74, 6) is -0.986. The molecular weight excluding hydrogens is 370 g/mol. The highest BCUT2D eigenvalue weighted by atomic mass is 35.5. The first-order chi connectivity index (χ1) is 12.5. The predicted molar refractivity (Wildman–Crippen MR) is 106 cm³/mol. The van der Waals surface area contributed by atoms with Gasteiger partial charge in [0.15, 0.2) is 6.10 Å². The number of benzene rings is 2. The molecule has 0 radical (unpaired) electrons. The molecule has 1 N–H and O–H groups in total. The molecule has 0 unspecified atom stereocenters. The smallest absolute Gasteiger partial charge is 0.350 e. The van der Waals surface area contributed by atoms with Gasteiger partial charge in [-0.3, -0.25) is 4.79 Å². The highest BCUT2D eigenvalue weighted by Gasteiger charge is 2.23. The second-order valence-corrected chi connectivity index (χ2v) is 7.26. The van der Waals surface area contributed by atoms with Crippen LogP contribution in [0.1, 0.15) is 29.1 Å². The van der Waals surface area contributed by atoms with Gasteiger partial charge in [0.1, 0.15) is 4.88 Å². The number of fused-ring (bicyclic) bond motifs is 1. The molecule has 0 aliphatic heterocycles. The molecule has 0 aliphatic rings. The molecule has 6 heteroatoms. The fourth-order valence-electron chi connectivity index (χ4n) is 2.48. The Bertz CT molecular complexity index is 949. The van der Waals surface area contributed by atoms with Crippen LogP contribution < -0.4 is 5.32 Å². The highest BCUT2D eigenvalue weighted by molar-refractivity contribution is 7.21. The average Bonchev–Trinajstić information content (AvgIpc) is 2.99. The number of thiophene rings is 1. The minimum absolute atomic E-state index is 0.305. The van der Waals surface area contributed by atoms with Crippen molar-refractivity contribution >= 4 is 50.6 Å². The number of anilines is 1. The summed E-state index contributed by atoms with van der Waals surface area (Å²) in [4.78, 5) is 25.0. The minimum Gasteiger partial charge on any atom is -0.448 e. The Hall–Kier alpha value is -2.37. The Morgan fingerprint density at radius 3 is 2.50 bits per heavy atom. The lowest BCUT2D eigenvalue weighted by Crippen LogP contribution is -2.29. The number of nitrogens with one attached hydrogen (secondary N) is 1. The van der Waals surface area contributed by atoms with Crippen molar-refractivity contribution in [3.05, 3.63) is 64.0 Å². The number of ether oxygens (including phenoxy) is 1. The van der Waals surface area contributed by atoms with Gasteiger partial charge in [-0.05, 0) is 37.1 Å². The second-order valence-electron chi connectivity index (χ2n) is 5.83. The zero-order valence-electron chi connectivity index (χ0n) is 14.4. The third-order valence-corrected chi connectivity index (χ3v) is 5.66. The fourth-order valence-corrected chi connectivity index (χ4v) is 3.87. The van der Waals surface area contributed by atoms with Crippen molar-refractivity contribution in [2.24, 2.45) is 0 Å². The zero-order chi connectivity index (χ0) is 18.7. The summed E-state index contributed by atoms with van der Waals surface area (Å²) in [5, 5.41) is 3.91. The van der Waals surface area contributed by atoms with E-state index in [2.05, 4.69) is 12.2 Å².